The van der Waals surface area contributed by atoms with Crippen molar-refractivity contribution in [3.8, 4) is 22.9 Å². The SMILES string of the molecule is CCCS(=O)(=O)Cc1c(F)ccc2c(Oc3ncccc3-c3ccnc(N[C@H]4C[C@H](F)CN(C(=O)OC(C)(C)C)C4)n3)c(C)ccc12. The van der Waals surface area contributed by atoms with Crippen LogP contribution in [0.4, 0.5) is 19.5 Å². The number of piperidine rings is 1. The van der Waals surface area contributed by atoms with Crippen molar-refractivity contribution < 1.29 is 31.5 Å². The van der Waals surface area contributed by atoms with Crippen molar-refractivity contribution in [2.24, 2.45) is 0 Å². The average Bonchev–Trinajstić information content (AvgIpc) is 2.99. The smallest absolute Gasteiger partial charge is 0.410 e. The Hall–Kier alpha value is -4.39. The van der Waals surface area contributed by atoms with E-state index in [9.17, 15) is 17.6 Å². The van der Waals surface area contributed by atoms with Gasteiger partial charge in [0.2, 0.25) is 11.8 Å². The predicted molar refractivity (Wildman–Crippen MR) is 176 cm³/mol. The highest BCUT2D eigenvalue weighted by Gasteiger charge is 2.33. The van der Waals surface area contributed by atoms with Crippen molar-refractivity contribution in [3.05, 3.63) is 71.8 Å². The molecule has 0 saturated carbocycles. The van der Waals surface area contributed by atoms with E-state index in [1.165, 1.54) is 11.0 Å². The standard InChI is InChI=1S/C34H39F2N5O5S/c1-6-16-47(43,44)20-27-24-10-9-21(2)30(25(24)11-12-28(27)36)45-31-26(8-7-14-37-31)29-13-15-38-32(40-29)39-23-17-22(35)18-41(19-23)33(42)46-34(3,4)5/h7-15,22-23H,6,16-20H2,1-5H3,(H,38,39,40)/t22-,23-/m0/s1. The molecule has 47 heavy (non-hydrogen) atoms. The van der Waals surface area contributed by atoms with Crippen LogP contribution in [0, 0.1) is 12.7 Å². The number of rotatable bonds is 9. The third kappa shape index (κ3) is 8.31. The van der Waals surface area contributed by atoms with E-state index < -0.39 is 45.3 Å². The Kier molecular flexibility index (Phi) is 9.94. The first-order chi connectivity index (χ1) is 22.2. The summed E-state index contributed by atoms with van der Waals surface area (Å²) >= 11 is 0. The molecule has 0 aliphatic carbocycles. The molecule has 2 aromatic heterocycles. The Morgan fingerprint density at radius 1 is 1.06 bits per heavy atom. The molecule has 10 nitrogen and oxygen atoms in total. The van der Waals surface area contributed by atoms with E-state index in [-0.39, 0.29) is 42.7 Å². The summed E-state index contributed by atoms with van der Waals surface area (Å²) in [5, 5.41) is 4.14. The highest BCUT2D eigenvalue weighted by molar-refractivity contribution is 7.90. The van der Waals surface area contributed by atoms with Crippen LogP contribution >= 0.6 is 0 Å². The summed E-state index contributed by atoms with van der Waals surface area (Å²) in [5.41, 5.74) is 1.13. The van der Waals surface area contributed by atoms with Crippen LogP contribution in [0.5, 0.6) is 11.6 Å². The number of carbonyl (C=O) groups excluding carboxylic acids is 1. The molecule has 0 radical (unpaired) electrons. The largest absolute Gasteiger partial charge is 0.444 e. The van der Waals surface area contributed by atoms with Crippen LogP contribution in [0.1, 0.15) is 51.7 Å². The Bertz CT molecular complexity index is 1880. The van der Waals surface area contributed by atoms with Gasteiger partial charge in [0.05, 0.1) is 29.3 Å². The first-order valence-corrected chi connectivity index (χ1v) is 17.3. The van der Waals surface area contributed by atoms with Gasteiger partial charge in [-0.3, -0.25) is 0 Å². The number of amides is 1. The second-order valence-electron chi connectivity index (χ2n) is 12.7. The molecule has 5 rings (SSSR count). The fourth-order valence-electron chi connectivity index (χ4n) is 5.55. The van der Waals surface area contributed by atoms with Crippen molar-refractivity contribution in [2.45, 2.75) is 71.0 Å². The second kappa shape index (κ2) is 13.8. The lowest BCUT2D eigenvalue weighted by atomic mass is 10.0. The summed E-state index contributed by atoms with van der Waals surface area (Å²) in [6.07, 6.45) is 1.89. The van der Waals surface area contributed by atoms with Gasteiger partial charge in [-0.15, -0.1) is 0 Å². The number of alkyl halides is 1. The minimum atomic E-state index is -3.52. The van der Waals surface area contributed by atoms with Crippen LogP contribution in [0.15, 0.2) is 54.9 Å². The van der Waals surface area contributed by atoms with E-state index in [2.05, 4.69) is 20.3 Å². The molecule has 2 atom stereocenters. The van der Waals surface area contributed by atoms with Gasteiger partial charge in [0, 0.05) is 42.4 Å². The molecule has 1 aliphatic rings. The molecule has 1 amide bonds. The zero-order valence-electron chi connectivity index (χ0n) is 27.1. The predicted octanol–water partition coefficient (Wildman–Crippen LogP) is 7.02. The monoisotopic (exact) mass is 667 g/mol. The summed E-state index contributed by atoms with van der Waals surface area (Å²) in [4.78, 5) is 27.4. The maximum absolute atomic E-state index is 15.0. The molecule has 0 spiro atoms. The van der Waals surface area contributed by atoms with E-state index in [1.807, 2.05) is 6.92 Å². The topological polar surface area (TPSA) is 124 Å². The van der Waals surface area contributed by atoms with Crippen molar-refractivity contribution in [3.63, 3.8) is 0 Å². The van der Waals surface area contributed by atoms with E-state index in [0.717, 1.165) is 5.56 Å². The lowest BCUT2D eigenvalue weighted by molar-refractivity contribution is 0.0124. The lowest BCUT2D eigenvalue weighted by Gasteiger charge is -2.36. The van der Waals surface area contributed by atoms with Gasteiger partial charge < -0.3 is 19.7 Å². The Morgan fingerprint density at radius 2 is 1.83 bits per heavy atom. The molecular weight excluding hydrogens is 628 g/mol. The molecule has 1 fully saturated rings. The first kappa shape index (κ1) is 34.0. The number of nitrogens with zero attached hydrogens (tertiary/aromatic N) is 4. The fraction of sp³-hybridized carbons (Fsp3) is 0.412. The number of nitrogens with one attached hydrogen (secondary N) is 1. The normalized spacial score (nSPS) is 17.0. The zero-order valence-corrected chi connectivity index (χ0v) is 27.9. The van der Waals surface area contributed by atoms with E-state index in [0.29, 0.717) is 34.2 Å². The maximum Gasteiger partial charge on any atom is 0.410 e. The molecule has 250 valence electrons. The van der Waals surface area contributed by atoms with Crippen LogP contribution in [0.25, 0.3) is 22.0 Å². The van der Waals surface area contributed by atoms with Crippen LogP contribution in [0.3, 0.4) is 0 Å². The lowest BCUT2D eigenvalue weighted by Crippen LogP contribution is -2.51. The van der Waals surface area contributed by atoms with Gasteiger partial charge in [-0.2, -0.15) is 0 Å². The number of ether oxygens (including phenoxy) is 2. The molecule has 2 aromatic carbocycles. The molecule has 1 N–H and O–H groups in total. The van der Waals surface area contributed by atoms with Gasteiger partial charge in [-0.25, -0.2) is 36.9 Å². The first-order valence-electron chi connectivity index (χ1n) is 15.5. The van der Waals surface area contributed by atoms with Gasteiger partial charge in [-0.1, -0.05) is 19.1 Å². The zero-order chi connectivity index (χ0) is 33.9. The number of likely N-dealkylation sites (tertiary alicyclic amines) is 1. The van der Waals surface area contributed by atoms with Crippen LogP contribution in [-0.2, 0) is 20.3 Å². The number of aryl methyl sites for hydroxylation is 1. The van der Waals surface area contributed by atoms with Crippen LogP contribution < -0.4 is 10.1 Å². The molecule has 3 heterocycles. The minimum absolute atomic E-state index is 0.0395. The van der Waals surface area contributed by atoms with Gasteiger partial charge in [-0.05, 0) is 75.4 Å². The van der Waals surface area contributed by atoms with Gasteiger partial charge >= 0.3 is 6.09 Å². The highest BCUT2D eigenvalue weighted by atomic mass is 32.2. The second-order valence-corrected chi connectivity index (χ2v) is 14.9. The number of benzene rings is 2. The van der Waals surface area contributed by atoms with Gasteiger partial charge in [0.1, 0.15) is 23.3 Å². The van der Waals surface area contributed by atoms with E-state index in [4.69, 9.17) is 9.47 Å². The number of fused-ring (bicyclic) bond motifs is 1. The van der Waals surface area contributed by atoms with Crippen molar-refractivity contribution in [1.82, 2.24) is 19.9 Å². The molecule has 0 unspecified atom stereocenters. The number of anilines is 1. The third-order valence-corrected chi connectivity index (χ3v) is 9.33. The number of pyridine rings is 1. The van der Waals surface area contributed by atoms with Crippen molar-refractivity contribution in [2.75, 3.05) is 24.2 Å². The molecule has 0 bridgehead atoms. The Balaban J connectivity index is 1.42. The quantitative estimate of drug-likeness (QED) is 0.201. The molecule has 1 aliphatic heterocycles. The van der Waals surface area contributed by atoms with Crippen molar-refractivity contribution in [1.29, 1.82) is 0 Å². The summed E-state index contributed by atoms with van der Waals surface area (Å²) in [5.74, 6) is -0.203. The van der Waals surface area contributed by atoms with Crippen molar-refractivity contribution >= 4 is 32.7 Å². The maximum atomic E-state index is 15.0. The molecule has 1 saturated heterocycles. The summed E-state index contributed by atoms with van der Waals surface area (Å²) < 4.78 is 66.8. The molecule has 4 aromatic rings. The highest BCUT2D eigenvalue weighted by Crippen LogP contribution is 2.38. The average molecular weight is 668 g/mol. The van der Waals surface area contributed by atoms with Crippen LogP contribution in [-0.4, -0.2) is 71.0 Å². The molecular formula is C34H39F2N5O5S. The number of carbonyl (C=O) groups is 1. The fourth-order valence-corrected chi connectivity index (χ4v) is 7.05. The number of sulfone groups is 1. The number of halogens is 2. The summed E-state index contributed by atoms with van der Waals surface area (Å²) in [6.45, 7) is 9.04. The van der Waals surface area contributed by atoms with Crippen LogP contribution in [0.2, 0.25) is 0 Å². The van der Waals surface area contributed by atoms with Gasteiger partial charge in [0.15, 0.2) is 9.84 Å². The Labute approximate surface area is 273 Å². The number of hydrogen-bond acceptors (Lipinski definition) is 9. The summed E-state index contributed by atoms with van der Waals surface area (Å²) in [6, 6.07) is 11.0. The van der Waals surface area contributed by atoms with E-state index >= 15 is 4.39 Å². The Morgan fingerprint density at radius 3 is 2.57 bits per heavy atom. The minimum Gasteiger partial charge on any atom is -0.444 e. The summed E-state index contributed by atoms with van der Waals surface area (Å²) in [7, 11) is -3.52. The molecule has 13 heteroatoms. The number of hydrogen-bond donors (Lipinski definition) is 1. The third-order valence-electron chi connectivity index (χ3n) is 7.57. The van der Waals surface area contributed by atoms with Gasteiger partial charge in [0.25, 0.3) is 0 Å². The number of aromatic nitrogens is 3. The van der Waals surface area contributed by atoms with E-state index in [1.54, 1.807) is 76.5 Å².